The minimum atomic E-state index is -1.04. The summed E-state index contributed by atoms with van der Waals surface area (Å²) < 4.78 is 0. The van der Waals surface area contributed by atoms with Gasteiger partial charge in [-0.2, -0.15) is 0 Å². The summed E-state index contributed by atoms with van der Waals surface area (Å²) in [6.07, 6.45) is 0. The zero-order valence-corrected chi connectivity index (χ0v) is 17.5. The molecular weight excluding hydrogens is 366 g/mol. The van der Waals surface area contributed by atoms with Crippen LogP contribution in [0, 0.1) is 19.8 Å². The van der Waals surface area contributed by atoms with Gasteiger partial charge >= 0.3 is 5.97 Å². The predicted octanol–water partition coefficient (Wildman–Crippen LogP) is 3.92. The van der Waals surface area contributed by atoms with Crippen LogP contribution in [0.4, 0.5) is 17.1 Å². The van der Waals surface area contributed by atoms with E-state index in [1.165, 1.54) is 16.8 Å². The Bertz CT molecular complexity index is 916. The lowest BCUT2D eigenvalue weighted by Crippen LogP contribution is -2.46. The molecule has 0 unspecified atom stereocenters. The lowest BCUT2D eigenvalue weighted by molar-refractivity contribution is -0.118. The lowest BCUT2D eigenvalue weighted by atomic mass is 10.1. The van der Waals surface area contributed by atoms with E-state index < -0.39 is 5.97 Å². The topological polar surface area (TPSA) is 72.9 Å². The molecule has 1 fully saturated rings. The number of nitrogens with zero attached hydrogens (tertiary/aromatic N) is 2. The number of rotatable bonds is 5. The van der Waals surface area contributed by atoms with Crippen LogP contribution in [0.5, 0.6) is 0 Å². The van der Waals surface area contributed by atoms with Crippen molar-refractivity contribution in [2.24, 2.45) is 5.92 Å². The van der Waals surface area contributed by atoms with E-state index in [1.807, 2.05) is 6.07 Å². The van der Waals surface area contributed by atoms with Gasteiger partial charge in [-0.3, -0.25) is 4.79 Å². The van der Waals surface area contributed by atoms with E-state index >= 15 is 0 Å². The molecule has 2 aromatic rings. The van der Waals surface area contributed by atoms with E-state index in [0.717, 1.165) is 31.9 Å². The van der Waals surface area contributed by atoms with Gasteiger partial charge in [0.25, 0.3) is 0 Å². The molecule has 29 heavy (non-hydrogen) atoms. The summed E-state index contributed by atoms with van der Waals surface area (Å²) in [5.74, 6) is -1.45. The Morgan fingerprint density at radius 1 is 1.00 bits per heavy atom. The second-order valence-electron chi connectivity index (χ2n) is 7.87. The fourth-order valence-electron chi connectivity index (χ4n) is 3.58. The second-order valence-corrected chi connectivity index (χ2v) is 7.87. The molecule has 6 heteroatoms. The van der Waals surface area contributed by atoms with Crippen LogP contribution in [0.3, 0.4) is 0 Å². The molecule has 0 spiro atoms. The first-order valence-electron chi connectivity index (χ1n) is 10.0. The Morgan fingerprint density at radius 3 is 2.28 bits per heavy atom. The van der Waals surface area contributed by atoms with Crippen LogP contribution in [-0.4, -0.2) is 43.2 Å². The number of carbonyl (C=O) groups is 2. The number of aromatic carboxylic acids is 1. The molecule has 154 valence electrons. The Balaban J connectivity index is 1.75. The molecule has 2 N–H and O–H groups in total. The molecule has 0 radical (unpaired) electrons. The highest BCUT2D eigenvalue weighted by Crippen LogP contribution is 2.28. The van der Waals surface area contributed by atoms with Crippen molar-refractivity contribution >= 4 is 28.9 Å². The van der Waals surface area contributed by atoms with Crippen LogP contribution in [0.1, 0.15) is 35.3 Å². The minimum Gasteiger partial charge on any atom is -0.478 e. The number of carboxylic acids is 1. The molecule has 0 aromatic heterocycles. The van der Waals surface area contributed by atoms with Crippen LogP contribution < -0.4 is 15.1 Å². The van der Waals surface area contributed by atoms with E-state index in [0.29, 0.717) is 5.69 Å². The molecule has 0 atom stereocenters. The number of amides is 1. The number of hydrogen-bond donors (Lipinski definition) is 2. The van der Waals surface area contributed by atoms with Crippen LogP contribution in [0.2, 0.25) is 0 Å². The standard InChI is InChI=1S/C23H29N3O3/c1-15(2)22(27)24-20-9-8-18(14-19(20)23(28)29)25-10-12-26(13-11-25)21-7-5-6-16(3)17(21)4/h5-9,14-15H,10-13H2,1-4H3,(H,24,27)(H,28,29). The van der Waals surface area contributed by atoms with Gasteiger partial charge in [-0.25, -0.2) is 4.79 Å². The maximum Gasteiger partial charge on any atom is 0.337 e. The Labute approximate surface area is 172 Å². The van der Waals surface area contributed by atoms with E-state index in [4.69, 9.17) is 0 Å². The van der Waals surface area contributed by atoms with Gasteiger partial charge in [-0.05, 0) is 49.2 Å². The van der Waals surface area contributed by atoms with E-state index in [2.05, 4.69) is 47.2 Å². The summed E-state index contributed by atoms with van der Waals surface area (Å²) >= 11 is 0. The van der Waals surface area contributed by atoms with Crippen molar-refractivity contribution in [1.29, 1.82) is 0 Å². The summed E-state index contributed by atoms with van der Waals surface area (Å²) in [6.45, 7) is 11.2. The number of anilines is 3. The number of nitrogens with one attached hydrogen (secondary N) is 1. The Morgan fingerprint density at radius 2 is 1.66 bits per heavy atom. The predicted molar refractivity (Wildman–Crippen MR) is 117 cm³/mol. The van der Waals surface area contributed by atoms with Gasteiger partial charge in [0, 0.05) is 43.5 Å². The second kappa shape index (κ2) is 8.55. The fraction of sp³-hybridized carbons (Fsp3) is 0.391. The summed E-state index contributed by atoms with van der Waals surface area (Å²) in [4.78, 5) is 28.3. The lowest BCUT2D eigenvalue weighted by Gasteiger charge is -2.38. The highest BCUT2D eigenvalue weighted by molar-refractivity contribution is 6.01. The van der Waals surface area contributed by atoms with Gasteiger partial charge < -0.3 is 20.2 Å². The maximum absolute atomic E-state index is 12.0. The van der Waals surface area contributed by atoms with Gasteiger partial charge in [0.1, 0.15) is 0 Å². The number of carbonyl (C=O) groups excluding carboxylic acids is 1. The molecule has 0 bridgehead atoms. The normalized spacial score (nSPS) is 14.2. The number of benzene rings is 2. The zero-order valence-electron chi connectivity index (χ0n) is 17.5. The van der Waals surface area contributed by atoms with Crippen LogP contribution in [0.15, 0.2) is 36.4 Å². The molecule has 3 rings (SSSR count). The fourth-order valence-corrected chi connectivity index (χ4v) is 3.58. The number of aryl methyl sites for hydroxylation is 1. The summed E-state index contributed by atoms with van der Waals surface area (Å²) in [5, 5.41) is 12.3. The van der Waals surface area contributed by atoms with Crippen molar-refractivity contribution in [3.05, 3.63) is 53.1 Å². The summed E-state index contributed by atoms with van der Waals surface area (Å²) in [7, 11) is 0. The first-order valence-corrected chi connectivity index (χ1v) is 10.0. The van der Waals surface area contributed by atoms with Crippen molar-refractivity contribution in [3.63, 3.8) is 0 Å². The average molecular weight is 396 g/mol. The quantitative estimate of drug-likeness (QED) is 0.803. The molecule has 0 saturated carbocycles. The number of carboxylic acid groups (broad SMARTS) is 1. The smallest absolute Gasteiger partial charge is 0.337 e. The first kappa shape index (κ1) is 20.7. The molecule has 6 nitrogen and oxygen atoms in total. The SMILES string of the molecule is Cc1cccc(N2CCN(c3ccc(NC(=O)C(C)C)c(C(=O)O)c3)CC2)c1C. The van der Waals surface area contributed by atoms with Crippen molar-refractivity contribution in [2.75, 3.05) is 41.3 Å². The molecule has 1 amide bonds. The first-order chi connectivity index (χ1) is 13.8. The highest BCUT2D eigenvalue weighted by Gasteiger charge is 2.21. The molecule has 0 aliphatic carbocycles. The molecule has 1 saturated heterocycles. The highest BCUT2D eigenvalue weighted by atomic mass is 16.4. The van der Waals surface area contributed by atoms with E-state index in [9.17, 15) is 14.7 Å². The van der Waals surface area contributed by atoms with Gasteiger partial charge in [0.2, 0.25) is 5.91 Å². The van der Waals surface area contributed by atoms with Crippen molar-refractivity contribution in [3.8, 4) is 0 Å². The van der Waals surface area contributed by atoms with Gasteiger partial charge in [0.15, 0.2) is 0 Å². The monoisotopic (exact) mass is 395 g/mol. The van der Waals surface area contributed by atoms with Crippen LogP contribution >= 0.6 is 0 Å². The van der Waals surface area contributed by atoms with Crippen molar-refractivity contribution < 1.29 is 14.7 Å². The Kier molecular flexibility index (Phi) is 6.11. The molecular formula is C23H29N3O3. The largest absolute Gasteiger partial charge is 0.478 e. The van der Waals surface area contributed by atoms with E-state index in [-0.39, 0.29) is 17.4 Å². The molecule has 1 aliphatic heterocycles. The minimum absolute atomic E-state index is 0.119. The number of hydrogen-bond acceptors (Lipinski definition) is 4. The zero-order chi connectivity index (χ0) is 21.1. The average Bonchev–Trinajstić information content (AvgIpc) is 2.70. The Hall–Kier alpha value is -3.02. The third-order valence-electron chi connectivity index (χ3n) is 5.58. The van der Waals surface area contributed by atoms with Crippen molar-refractivity contribution in [2.45, 2.75) is 27.7 Å². The number of piperazine rings is 1. The molecule has 1 heterocycles. The van der Waals surface area contributed by atoms with Gasteiger partial charge in [0.05, 0.1) is 11.3 Å². The maximum atomic E-state index is 12.0. The third kappa shape index (κ3) is 4.53. The van der Waals surface area contributed by atoms with Gasteiger partial charge in [-0.1, -0.05) is 26.0 Å². The third-order valence-corrected chi connectivity index (χ3v) is 5.58. The van der Waals surface area contributed by atoms with Gasteiger partial charge in [-0.15, -0.1) is 0 Å². The van der Waals surface area contributed by atoms with E-state index in [1.54, 1.807) is 26.0 Å². The summed E-state index contributed by atoms with van der Waals surface area (Å²) in [6, 6.07) is 11.6. The van der Waals surface area contributed by atoms with Crippen LogP contribution in [0.25, 0.3) is 0 Å². The van der Waals surface area contributed by atoms with Crippen molar-refractivity contribution in [1.82, 2.24) is 0 Å². The summed E-state index contributed by atoms with van der Waals surface area (Å²) in [5.41, 5.74) is 5.19. The molecule has 1 aliphatic rings. The van der Waals surface area contributed by atoms with Crippen LogP contribution in [-0.2, 0) is 4.79 Å². The molecule has 2 aromatic carbocycles.